The third-order valence-corrected chi connectivity index (χ3v) is 1.82. The second-order valence-electron chi connectivity index (χ2n) is 1.19. The Morgan fingerprint density at radius 1 is 1.62 bits per heavy atom. The highest BCUT2D eigenvalue weighted by Gasteiger charge is 2.54. The van der Waals surface area contributed by atoms with Crippen LogP contribution >= 0.6 is 0 Å². The van der Waals surface area contributed by atoms with Crippen molar-refractivity contribution in [3.63, 3.8) is 0 Å². The van der Waals surface area contributed by atoms with Gasteiger partial charge >= 0.3 is 9.05 Å². The Balaban J connectivity index is 2.20. The highest BCUT2D eigenvalue weighted by atomic mass is 28.4. The SMILES string of the molecule is CCO[Si]1(O)OOO1. The summed E-state index contributed by atoms with van der Waals surface area (Å²) in [4.78, 5) is 8.76. The summed E-state index contributed by atoms with van der Waals surface area (Å²) in [5.41, 5.74) is 0. The fraction of sp³-hybridized carbons (Fsp3) is 1.00. The smallest absolute Gasteiger partial charge is 0.365 e. The van der Waals surface area contributed by atoms with Gasteiger partial charge in [-0.15, -0.1) is 0 Å². The van der Waals surface area contributed by atoms with Gasteiger partial charge in [-0.05, 0) is 6.92 Å². The van der Waals surface area contributed by atoms with E-state index in [0.717, 1.165) is 0 Å². The monoisotopic (exact) mass is 138 g/mol. The van der Waals surface area contributed by atoms with Crippen LogP contribution in [0.25, 0.3) is 0 Å². The molecule has 1 aliphatic rings. The lowest BCUT2D eigenvalue weighted by Gasteiger charge is -2.25. The van der Waals surface area contributed by atoms with Gasteiger partial charge in [0.05, 0.1) is 0 Å². The van der Waals surface area contributed by atoms with Crippen LogP contribution in [0.1, 0.15) is 6.92 Å². The van der Waals surface area contributed by atoms with Crippen LogP contribution in [0.5, 0.6) is 0 Å². The summed E-state index contributed by atoms with van der Waals surface area (Å²) in [6.45, 7) is 2.07. The third kappa shape index (κ3) is 1.05. The quantitative estimate of drug-likeness (QED) is 0.405. The summed E-state index contributed by atoms with van der Waals surface area (Å²) >= 11 is 0. The van der Waals surface area contributed by atoms with E-state index in [1.807, 2.05) is 0 Å². The van der Waals surface area contributed by atoms with Crippen molar-refractivity contribution in [3.05, 3.63) is 0 Å². The molecule has 0 spiro atoms. The van der Waals surface area contributed by atoms with Crippen molar-refractivity contribution >= 4 is 9.05 Å². The average molecular weight is 138 g/mol. The number of hydrogen-bond acceptors (Lipinski definition) is 5. The summed E-state index contributed by atoms with van der Waals surface area (Å²) < 4.78 is 12.8. The minimum absolute atomic E-state index is 0.353. The van der Waals surface area contributed by atoms with E-state index in [0.29, 0.717) is 6.61 Å². The Labute approximate surface area is 47.1 Å². The topological polar surface area (TPSA) is 57.2 Å². The predicted molar refractivity (Wildman–Crippen MR) is 22.9 cm³/mol. The van der Waals surface area contributed by atoms with Crippen LogP contribution in [0, 0.1) is 0 Å². The van der Waals surface area contributed by atoms with Gasteiger partial charge in [-0.1, -0.05) is 5.04 Å². The van der Waals surface area contributed by atoms with Crippen LogP contribution < -0.4 is 0 Å². The third-order valence-electron chi connectivity index (χ3n) is 0.605. The number of rotatable bonds is 2. The first-order valence-corrected chi connectivity index (χ1v) is 3.84. The molecule has 0 aliphatic carbocycles. The highest BCUT2D eigenvalue weighted by molar-refractivity contribution is 6.52. The Kier molecular flexibility index (Phi) is 1.61. The van der Waals surface area contributed by atoms with Crippen molar-refractivity contribution in [2.75, 3.05) is 6.61 Å². The zero-order chi connectivity index (χ0) is 6.04. The first kappa shape index (κ1) is 6.14. The molecule has 1 heterocycles. The molecule has 0 aromatic rings. The lowest BCUT2D eigenvalue weighted by atomic mass is 10.9. The molecule has 1 saturated heterocycles. The van der Waals surface area contributed by atoms with Crippen molar-refractivity contribution in [3.8, 4) is 0 Å². The minimum atomic E-state index is -3.22. The summed E-state index contributed by atoms with van der Waals surface area (Å²) in [6, 6.07) is 0. The van der Waals surface area contributed by atoms with Crippen LogP contribution in [-0.4, -0.2) is 20.5 Å². The van der Waals surface area contributed by atoms with E-state index in [1.54, 1.807) is 6.92 Å². The van der Waals surface area contributed by atoms with E-state index in [1.165, 1.54) is 0 Å². The largest absolute Gasteiger partial charge is 0.737 e. The molecule has 48 valence electrons. The average Bonchev–Trinajstić information content (AvgIpc) is 1.64. The van der Waals surface area contributed by atoms with E-state index in [4.69, 9.17) is 4.80 Å². The van der Waals surface area contributed by atoms with E-state index in [2.05, 4.69) is 18.6 Å². The summed E-state index contributed by atoms with van der Waals surface area (Å²) in [7, 11) is -3.22. The predicted octanol–water partition coefficient (Wildman–Crippen LogP) is -0.656. The fourth-order valence-electron chi connectivity index (χ4n) is 0.323. The van der Waals surface area contributed by atoms with Crippen LogP contribution in [0.3, 0.4) is 0 Å². The molecule has 0 atom stereocenters. The zero-order valence-corrected chi connectivity index (χ0v) is 5.29. The van der Waals surface area contributed by atoms with Gasteiger partial charge in [0.2, 0.25) is 0 Å². The Morgan fingerprint density at radius 2 is 2.25 bits per heavy atom. The minimum Gasteiger partial charge on any atom is -0.365 e. The first-order valence-electron chi connectivity index (χ1n) is 2.17. The van der Waals surface area contributed by atoms with Crippen LogP contribution in [0.4, 0.5) is 0 Å². The lowest BCUT2D eigenvalue weighted by molar-refractivity contribution is -0.551. The van der Waals surface area contributed by atoms with Crippen LogP contribution in [-0.2, 0) is 18.6 Å². The van der Waals surface area contributed by atoms with Crippen LogP contribution in [0.2, 0.25) is 0 Å². The maximum Gasteiger partial charge on any atom is 0.737 e. The molecule has 5 nitrogen and oxygen atoms in total. The standard InChI is InChI=1S/C2H6O5Si/c1-2-4-8(3)6-5-7-8/h3H,2H2,1H3. The highest BCUT2D eigenvalue weighted by Crippen LogP contribution is 2.15. The fourth-order valence-corrected chi connectivity index (χ4v) is 0.968. The van der Waals surface area contributed by atoms with Crippen molar-refractivity contribution in [2.45, 2.75) is 6.92 Å². The molecule has 0 aromatic carbocycles. The molecule has 1 aliphatic heterocycles. The molecular formula is C2H6O5Si. The van der Waals surface area contributed by atoms with Crippen LogP contribution in [0.15, 0.2) is 0 Å². The molecule has 0 unspecified atom stereocenters. The Bertz CT molecular complexity index is 80.5. The molecule has 0 bridgehead atoms. The molecule has 0 saturated carbocycles. The van der Waals surface area contributed by atoms with E-state index >= 15 is 0 Å². The molecular weight excluding hydrogens is 132 g/mol. The molecule has 1 fully saturated rings. The van der Waals surface area contributed by atoms with Gasteiger partial charge in [0.25, 0.3) is 0 Å². The first-order chi connectivity index (χ1) is 3.77. The molecule has 1 rings (SSSR count). The summed E-state index contributed by atoms with van der Waals surface area (Å²) in [5, 5.41) is 3.78. The zero-order valence-electron chi connectivity index (χ0n) is 4.29. The molecule has 0 radical (unpaired) electrons. The van der Waals surface area contributed by atoms with Crippen molar-refractivity contribution in [1.29, 1.82) is 0 Å². The molecule has 1 N–H and O–H groups in total. The van der Waals surface area contributed by atoms with Gasteiger partial charge < -0.3 is 9.22 Å². The van der Waals surface area contributed by atoms with Gasteiger partial charge in [0.15, 0.2) is 0 Å². The normalized spacial score (nSPS) is 24.8. The van der Waals surface area contributed by atoms with Crippen molar-refractivity contribution in [1.82, 2.24) is 0 Å². The van der Waals surface area contributed by atoms with Crippen molar-refractivity contribution < 1.29 is 23.4 Å². The molecule has 8 heavy (non-hydrogen) atoms. The van der Waals surface area contributed by atoms with E-state index < -0.39 is 9.05 Å². The van der Waals surface area contributed by atoms with Gasteiger partial charge in [-0.2, -0.15) is 9.15 Å². The maximum atomic E-state index is 8.76. The molecule has 6 heteroatoms. The molecule has 0 amide bonds. The van der Waals surface area contributed by atoms with E-state index in [9.17, 15) is 0 Å². The Hall–Kier alpha value is 0.0169. The van der Waals surface area contributed by atoms with Gasteiger partial charge in [0, 0.05) is 6.61 Å². The second-order valence-corrected chi connectivity index (χ2v) is 2.86. The Morgan fingerprint density at radius 3 is 2.38 bits per heavy atom. The number of hydrogen-bond donors (Lipinski definition) is 1. The van der Waals surface area contributed by atoms with Gasteiger partial charge in [-0.25, -0.2) is 0 Å². The second kappa shape index (κ2) is 2.09. The van der Waals surface area contributed by atoms with Gasteiger partial charge in [0.1, 0.15) is 0 Å². The maximum absolute atomic E-state index is 8.76. The lowest BCUT2D eigenvalue weighted by Crippen LogP contribution is -2.54. The van der Waals surface area contributed by atoms with E-state index in [-0.39, 0.29) is 0 Å². The summed E-state index contributed by atoms with van der Waals surface area (Å²) in [5.74, 6) is 0. The van der Waals surface area contributed by atoms with Gasteiger partial charge in [-0.3, -0.25) is 0 Å². The molecule has 0 aromatic heterocycles. The summed E-state index contributed by atoms with van der Waals surface area (Å²) in [6.07, 6.45) is 0. The van der Waals surface area contributed by atoms with Crippen molar-refractivity contribution in [2.24, 2.45) is 0 Å².